The van der Waals surface area contributed by atoms with Gasteiger partial charge in [-0.1, -0.05) is 0 Å². The van der Waals surface area contributed by atoms with Gasteiger partial charge in [-0.15, -0.1) is 11.8 Å². The number of aliphatic hydroxyl groups excluding tert-OH is 1. The maximum atomic E-state index is 12.9. The Labute approximate surface area is 103 Å². The summed E-state index contributed by atoms with van der Waals surface area (Å²) in [5.41, 5.74) is 0. The highest BCUT2D eigenvalue weighted by molar-refractivity contribution is 7.99. The molecule has 0 aliphatic heterocycles. The van der Waals surface area contributed by atoms with Gasteiger partial charge >= 0.3 is 0 Å². The molecule has 94 valence electrons. The van der Waals surface area contributed by atoms with Crippen LogP contribution in [0.15, 0.2) is 23.1 Å². The van der Waals surface area contributed by atoms with Crippen LogP contribution in [0, 0.1) is 11.6 Å². The molecule has 1 unspecified atom stereocenters. The third-order valence-electron chi connectivity index (χ3n) is 2.55. The fraction of sp³-hybridized carbons (Fsp3) is 0.500. The molecule has 0 radical (unpaired) electrons. The molecule has 0 spiro atoms. The number of aliphatic hydroxyl groups is 1. The molecule has 1 atom stereocenters. The van der Waals surface area contributed by atoms with Crippen LogP contribution in [0.25, 0.3) is 0 Å². The van der Waals surface area contributed by atoms with Crippen LogP contribution in [0.1, 0.15) is 12.8 Å². The summed E-state index contributed by atoms with van der Waals surface area (Å²) in [4.78, 5) is 0.634. The lowest BCUT2D eigenvalue weighted by atomic mass is 10.3. The maximum Gasteiger partial charge on any atom is 0.159 e. The molecule has 1 aromatic rings. The number of benzene rings is 1. The van der Waals surface area contributed by atoms with Gasteiger partial charge in [0.25, 0.3) is 0 Å². The van der Waals surface area contributed by atoms with Crippen LogP contribution in [0.4, 0.5) is 8.78 Å². The first-order valence-electron chi connectivity index (χ1n) is 5.64. The summed E-state index contributed by atoms with van der Waals surface area (Å²) in [5.74, 6) is -1.21. The Morgan fingerprint density at radius 3 is 2.76 bits per heavy atom. The van der Waals surface area contributed by atoms with E-state index < -0.39 is 17.7 Å². The van der Waals surface area contributed by atoms with Crippen molar-refractivity contribution in [3.05, 3.63) is 29.8 Å². The molecule has 5 heteroatoms. The van der Waals surface area contributed by atoms with E-state index in [2.05, 4.69) is 5.32 Å². The van der Waals surface area contributed by atoms with Gasteiger partial charge in [0.2, 0.25) is 0 Å². The van der Waals surface area contributed by atoms with E-state index in [1.807, 2.05) is 0 Å². The van der Waals surface area contributed by atoms with Crippen LogP contribution in [0.2, 0.25) is 0 Å². The number of hydrogen-bond acceptors (Lipinski definition) is 3. The number of halogens is 2. The molecule has 1 aliphatic rings. The zero-order valence-corrected chi connectivity index (χ0v) is 10.1. The van der Waals surface area contributed by atoms with E-state index in [-0.39, 0.29) is 0 Å². The first-order chi connectivity index (χ1) is 8.15. The molecule has 0 amide bonds. The highest BCUT2D eigenvalue weighted by Crippen LogP contribution is 2.22. The molecule has 2 rings (SSSR count). The van der Waals surface area contributed by atoms with Gasteiger partial charge in [-0.2, -0.15) is 0 Å². The van der Waals surface area contributed by atoms with Gasteiger partial charge in [0, 0.05) is 23.2 Å². The van der Waals surface area contributed by atoms with Gasteiger partial charge < -0.3 is 10.4 Å². The molecular formula is C12H15F2NOS. The highest BCUT2D eigenvalue weighted by Gasteiger charge is 2.21. The number of hydrogen-bond donors (Lipinski definition) is 2. The zero-order chi connectivity index (χ0) is 12.3. The van der Waals surface area contributed by atoms with Crippen LogP contribution >= 0.6 is 11.8 Å². The van der Waals surface area contributed by atoms with Crippen molar-refractivity contribution < 1.29 is 13.9 Å². The molecule has 1 aromatic carbocycles. The van der Waals surface area contributed by atoms with E-state index in [0.29, 0.717) is 23.2 Å². The van der Waals surface area contributed by atoms with Crippen LogP contribution in [-0.2, 0) is 0 Å². The highest BCUT2D eigenvalue weighted by atomic mass is 32.2. The first kappa shape index (κ1) is 12.8. The van der Waals surface area contributed by atoms with Gasteiger partial charge in [-0.3, -0.25) is 0 Å². The largest absolute Gasteiger partial charge is 0.391 e. The normalized spacial score (nSPS) is 17.1. The van der Waals surface area contributed by atoms with Crippen molar-refractivity contribution in [1.29, 1.82) is 0 Å². The van der Waals surface area contributed by atoms with Crippen molar-refractivity contribution in [2.24, 2.45) is 0 Å². The second kappa shape index (κ2) is 5.80. The van der Waals surface area contributed by atoms with E-state index in [9.17, 15) is 13.9 Å². The number of nitrogens with one attached hydrogen (secondary N) is 1. The second-order valence-corrected chi connectivity index (χ2v) is 5.32. The second-order valence-electron chi connectivity index (χ2n) is 4.22. The first-order valence-corrected chi connectivity index (χ1v) is 6.63. The van der Waals surface area contributed by atoms with Gasteiger partial charge in [0.15, 0.2) is 11.6 Å². The van der Waals surface area contributed by atoms with E-state index in [1.54, 1.807) is 0 Å². The van der Waals surface area contributed by atoms with E-state index in [1.165, 1.54) is 30.7 Å². The SMILES string of the molecule is OC(CNC1CC1)CSc1ccc(F)c(F)c1. The Morgan fingerprint density at radius 1 is 1.35 bits per heavy atom. The molecule has 1 saturated carbocycles. The van der Waals surface area contributed by atoms with Crippen molar-refractivity contribution >= 4 is 11.8 Å². The quantitative estimate of drug-likeness (QED) is 0.768. The molecule has 2 N–H and O–H groups in total. The van der Waals surface area contributed by atoms with Crippen molar-refractivity contribution in [3.8, 4) is 0 Å². The van der Waals surface area contributed by atoms with Crippen LogP contribution < -0.4 is 5.32 Å². The summed E-state index contributed by atoms with van der Waals surface area (Å²) >= 11 is 1.33. The summed E-state index contributed by atoms with van der Waals surface area (Å²) in [6.07, 6.45) is 1.90. The van der Waals surface area contributed by atoms with Crippen molar-refractivity contribution in [2.45, 2.75) is 29.9 Å². The van der Waals surface area contributed by atoms with Crippen LogP contribution in [0.3, 0.4) is 0 Å². The number of thioether (sulfide) groups is 1. The van der Waals surface area contributed by atoms with E-state index >= 15 is 0 Å². The fourth-order valence-electron chi connectivity index (χ4n) is 1.41. The summed E-state index contributed by atoms with van der Waals surface area (Å²) in [6.45, 7) is 0.557. The van der Waals surface area contributed by atoms with Gasteiger partial charge in [-0.05, 0) is 31.0 Å². The molecule has 0 heterocycles. The summed E-state index contributed by atoms with van der Waals surface area (Å²) in [5, 5.41) is 12.9. The van der Waals surface area contributed by atoms with E-state index in [0.717, 1.165) is 12.1 Å². The average Bonchev–Trinajstić information content (AvgIpc) is 3.12. The molecule has 0 bridgehead atoms. The Morgan fingerprint density at radius 2 is 2.12 bits per heavy atom. The lowest BCUT2D eigenvalue weighted by Gasteiger charge is -2.11. The topological polar surface area (TPSA) is 32.3 Å². The minimum Gasteiger partial charge on any atom is -0.391 e. The third kappa shape index (κ3) is 4.26. The molecule has 1 aliphatic carbocycles. The Bertz CT molecular complexity index is 385. The molecule has 17 heavy (non-hydrogen) atoms. The predicted octanol–water partition coefficient (Wildman–Crippen LogP) is 2.17. The smallest absolute Gasteiger partial charge is 0.159 e. The van der Waals surface area contributed by atoms with E-state index in [4.69, 9.17) is 0 Å². The minimum atomic E-state index is -0.847. The Balaban J connectivity index is 1.73. The summed E-state index contributed by atoms with van der Waals surface area (Å²) < 4.78 is 25.6. The van der Waals surface area contributed by atoms with Gasteiger partial charge in [-0.25, -0.2) is 8.78 Å². The fourth-order valence-corrected chi connectivity index (χ4v) is 2.26. The molecule has 1 fully saturated rings. The summed E-state index contributed by atoms with van der Waals surface area (Å²) in [6, 6.07) is 4.34. The maximum absolute atomic E-state index is 12.9. The van der Waals surface area contributed by atoms with Gasteiger partial charge in [0.1, 0.15) is 0 Å². The zero-order valence-electron chi connectivity index (χ0n) is 9.33. The lowest BCUT2D eigenvalue weighted by Crippen LogP contribution is -2.29. The average molecular weight is 259 g/mol. The molecule has 2 nitrogen and oxygen atoms in total. The minimum absolute atomic E-state index is 0.464. The summed E-state index contributed by atoms with van der Waals surface area (Å²) in [7, 11) is 0. The van der Waals surface area contributed by atoms with Crippen molar-refractivity contribution in [3.63, 3.8) is 0 Å². The third-order valence-corrected chi connectivity index (χ3v) is 3.69. The predicted molar refractivity (Wildman–Crippen MR) is 64.1 cm³/mol. The van der Waals surface area contributed by atoms with Gasteiger partial charge in [0.05, 0.1) is 6.10 Å². The van der Waals surface area contributed by atoms with Crippen molar-refractivity contribution in [2.75, 3.05) is 12.3 Å². The Hall–Kier alpha value is -0.650. The standard InChI is InChI=1S/C12H15F2NOS/c13-11-4-3-10(5-12(11)14)17-7-9(16)6-15-8-1-2-8/h3-5,8-9,15-16H,1-2,6-7H2. The molecule has 0 saturated heterocycles. The molecular weight excluding hydrogens is 244 g/mol. The Kier molecular flexibility index (Phi) is 4.36. The van der Waals surface area contributed by atoms with Crippen molar-refractivity contribution in [1.82, 2.24) is 5.32 Å². The number of rotatable bonds is 6. The molecule has 0 aromatic heterocycles. The monoisotopic (exact) mass is 259 g/mol. The van der Waals surface area contributed by atoms with Crippen LogP contribution in [0.5, 0.6) is 0 Å². The lowest BCUT2D eigenvalue weighted by molar-refractivity contribution is 0.195. The van der Waals surface area contributed by atoms with Crippen LogP contribution in [-0.4, -0.2) is 29.5 Å².